The van der Waals surface area contributed by atoms with Gasteiger partial charge >= 0.3 is 0 Å². The second-order valence-electron chi connectivity index (χ2n) is 3.84. The predicted octanol–water partition coefficient (Wildman–Crippen LogP) is 3.95. The van der Waals surface area contributed by atoms with Crippen molar-refractivity contribution in [3.8, 4) is 0 Å². The number of amides is 1. The van der Waals surface area contributed by atoms with Crippen LogP contribution >= 0.6 is 22.9 Å². The normalized spacial score (nSPS) is 11.4. The van der Waals surface area contributed by atoms with E-state index < -0.39 is 0 Å². The van der Waals surface area contributed by atoms with Crippen LogP contribution in [0.4, 0.5) is 0 Å². The molecule has 0 aliphatic heterocycles. The number of nitrogens with one attached hydrogen (secondary N) is 1. The van der Waals surface area contributed by atoms with Crippen LogP contribution in [-0.2, 0) is 0 Å². The van der Waals surface area contributed by atoms with Crippen molar-refractivity contribution in [1.82, 2.24) is 5.43 Å². The summed E-state index contributed by atoms with van der Waals surface area (Å²) in [6.45, 7) is 1.98. The maximum Gasteiger partial charge on any atom is 0.281 e. The molecular weight excluding hydrogens is 280 g/mol. The lowest BCUT2D eigenvalue weighted by atomic mass is 10.1. The number of nitrogens with zero attached hydrogens (tertiary/aromatic N) is 1. The number of thiophene rings is 1. The van der Waals surface area contributed by atoms with Crippen LogP contribution in [0, 0.1) is 0 Å². The van der Waals surface area contributed by atoms with Crippen LogP contribution in [0.25, 0.3) is 0 Å². The molecule has 0 atom stereocenters. The molecule has 0 radical (unpaired) electrons. The van der Waals surface area contributed by atoms with Crippen molar-refractivity contribution in [1.29, 1.82) is 0 Å². The first-order chi connectivity index (χ1) is 9.20. The summed E-state index contributed by atoms with van der Waals surface area (Å²) in [7, 11) is 0. The van der Waals surface area contributed by atoms with Gasteiger partial charge in [-0.1, -0.05) is 36.7 Å². The highest BCUT2D eigenvalue weighted by atomic mass is 35.5. The van der Waals surface area contributed by atoms with Gasteiger partial charge in [0.2, 0.25) is 0 Å². The van der Waals surface area contributed by atoms with Crippen molar-refractivity contribution in [2.75, 3.05) is 0 Å². The Hall–Kier alpha value is -1.65. The zero-order chi connectivity index (χ0) is 13.7. The molecule has 19 heavy (non-hydrogen) atoms. The van der Waals surface area contributed by atoms with Crippen molar-refractivity contribution in [3.63, 3.8) is 0 Å². The van der Waals surface area contributed by atoms with Crippen molar-refractivity contribution >= 4 is 34.6 Å². The summed E-state index contributed by atoms with van der Waals surface area (Å²) in [5.74, 6) is -0.192. The van der Waals surface area contributed by atoms with Crippen molar-refractivity contribution in [2.24, 2.45) is 5.10 Å². The highest BCUT2D eigenvalue weighted by molar-refractivity contribution is 7.12. The van der Waals surface area contributed by atoms with E-state index in [-0.39, 0.29) is 5.91 Å². The Kier molecular flexibility index (Phi) is 4.71. The van der Waals surface area contributed by atoms with Crippen LogP contribution < -0.4 is 5.43 Å². The number of carbonyl (C=O) groups excluding carboxylic acids is 1. The lowest BCUT2D eigenvalue weighted by Gasteiger charge is -2.05. The molecule has 0 bridgehead atoms. The molecule has 0 aliphatic carbocycles. The quantitative estimate of drug-likeness (QED) is 0.673. The number of hydrogen-bond donors (Lipinski definition) is 1. The number of benzene rings is 1. The van der Waals surface area contributed by atoms with Crippen molar-refractivity contribution in [2.45, 2.75) is 13.3 Å². The van der Waals surface area contributed by atoms with Gasteiger partial charge in [-0.2, -0.15) is 5.10 Å². The van der Waals surface area contributed by atoms with Crippen LogP contribution in [0.3, 0.4) is 0 Å². The molecule has 0 spiro atoms. The molecule has 0 fully saturated rings. The van der Waals surface area contributed by atoms with E-state index >= 15 is 0 Å². The SMILES string of the molecule is CCC(=NNC(=O)c1cccs1)c1cccc(Cl)c1. The first-order valence-corrected chi connectivity index (χ1v) is 7.13. The van der Waals surface area contributed by atoms with E-state index in [4.69, 9.17) is 11.6 Å². The molecule has 0 unspecified atom stereocenters. The van der Waals surface area contributed by atoms with Gasteiger partial charge in [-0.15, -0.1) is 11.3 Å². The summed E-state index contributed by atoms with van der Waals surface area (Å²) >= 11 is 7.34. The van der Waals surface area contributed by atoms with Gasteiger partial charge in [0.25, 0.3) is 5.91 Å². The fourth-order valence-corrected chi connectivity index (χ4v) is 2.40. The summed E-state index contributed by atoms with van der Waals surface area (Å²) in [5, 5.41) is 6.69. The van der Waals surface area contributed by atoms with Crippen molar-refractivity contribution in [3.05, 3.63) is 57.2 Å². The Labute approximate surface area is 120 Å². The van der Waals surface area contributed by atoms with E-state index in [9.17, 15) is 4.79 Å². The molecule has 1 heterocycles. The van der Waals surface area contributed by atoms with E-state index in [1.54, 1.807) is 6.07 Å². The third kappa shape index (κ3) is 3.66. The molecule has 5 heteroatoms. The molecule has 1 aromatic carbocycles. The Bertz CT molecular complexity index is 593. The van der Waals surface area contributed by atoms with Crippen LogP contribution in [-0.4, -0.2) is 11.6 Å². The van der Waals surface area contributed by atoms with Crippen molar-refractivity contribution < 1.29 is 4.79 Å². The fraction of sp³-hybridized carbons (Fsp3) is 0.143. The van der Waals surface area contributed by atoms with E-state index in [1.807, 2.05) is 42.6 Å². The Morgan fingerprint density at radius 3 is 2.84 bits per heavy atom. The van der Waals surface area contributed by atoms with Gasteiger partial charge in [-0.05, 0) is 35.6 Å². The number of hydrazone groups is 1. The third-order valence-corrected chi connectivity index (χ3v) is 3.63. The molecule has 0 aliphatic rings. The molecule has 98 valence electrons. The second kappa shape index (κ2) is 6.50. The van der Waals surface area contributed by atoms with Gasteiger partial charge in [0, 0.05) is 5.02 Å². The lowest BCUT2D eigenvalue weighted by Crippen LogP contribution is -2.18. The molecule has 0 saturated heterocycles. The minimum Gasteiger partial charge on any atom is -0.266 e. The number of hydrogen-bond acceptors (Lipinski definition) is 3. The minimum atomic E-state index is -0.192. The highest BCUT2D eigenvalue weighted by Gasteiger charge is 2.06. The average molecular weight is 293 g/mol. The van der Waals surface area contributed by atoms with E-state index in [0.29, 0.717) is 16.3 Å². The third-order valence-electron chi connectivity index (χ3n) is 2.53. The Morgan fingerprint density at radius 1 is 1.37 bits per heavy atom. The van der Waals surface area contributed by atoms with Crippen LogP contribution in [0.15, 0.2) is 46.9 Å². The standard InChI is InChI=1S/C14H13ClN2OS/c1-2-12(10-5-3-6-11(15)9-10)16-17-14(18)13-7-4-8-19-13/h3-9H,2H2,1H3,(H,17,18). The van der Waals surface area contributed by atoms with Crippen LogP contribution in [0.5, 0.6) is 0 Å². The summed E-state index contributed by atoms with van der Waals surface area (Å²) < 4.78 is 0. The number of halogens is 1. The minimum absolute atomic E-state index is 0.192. The zero-order valence-electron chi connectivity index (χ0n) is 10.4. The maximum atomic E-state index is 11.8. The predicted molar refractivity (Wildman–Crippen MR) is 80.1 cm³/mol. The van der Waals surface area contributed by atoms with Gasteiger partial charge in [0.1, 0.15) is 0 Å². The Balaban J connectivity index is 2.14. The zero-order valence-corrected chi connectivity index (χ0v) is 12.0. The van der Waals surface area contributed by atoms with Gasteiger partial charge in [0.05, 0.1) is 10.6 Å². The Morgan fingerprint density at radius 2 is 2.21 bits per heavy atom. The summed E-state index contributed by atoms with van der Waals surface area (Å²) in [4.78, 5) is 12.4. The van der Waals surface area contributed by atoms with Gasteiger partial charge in [-0.25, -0.2) is 5.43 Å². The molecule has 2 rings (SSSR count). The van der Waals surface area contributed by atoms with Gasteiger partial charge < -0.3 is 0 Å². The summed E-state index contributed by atoms with van der Waals surface area (Å²) in [6.07, 6.45) is 0.713. The van der Waals surface area contributed by atoms with E-state index in [1.165, 1.54) is 11.3 Å². The first kappa shape index (κ1) is 13.8. The molecule has 1 N–H and O–H groups in total. The van der Waals surface area contributed by atoms with Crippen LogP contribution in [0.1, 0.15) is 28.6 Å². The van der Waals surface area contributed by atoms with Crippen LogP contribution in [0.2, 0.25) is 5.02 Å². The smallest absolute Gasteiger partial charge is 0.266 e. The molecule has 1 aromatic heterocycles. The molecule has 0 saturated carbocycles. The largest absolute Gasteiger partial charge is 0.281 e. The summed E-state index contributed by atoms with van der Waals surface area (Å²) in [6, 6.07) is 11.0. The highest BCUT2D eigenvalue weighted by Crippen LogP contribution is 2.13. The summed E-state index contributed by atoms with van der Waals surface area (Å²) in [5.41, 5.74) is 4.29. The molecule has 2 aromatic rings. The lowest BCUT2D eigenvalue weighted by molar-refractivity contribution is 0.0959. The van der Waals surface area contributed by atoms with Gasteiger partial charge in [-0.3, -0.25) is 4.79 Å². The number of rotatable bonds is 4. The molecular formula is C14H13ClN2OS. The van der Waals surface area contributed by atoms with E-state index in [0.717, 1.165) is 11.3 Å². The first-order valence-electron chi connectivity index (χ1n) is 5.87. The molecule has 3 nitrogen and oxygen atoms in total. The monoisotopic (exact) mass is 292 g/mol. The average Bonchev–Trinajstić information content (AvgIpc) is 2.93. The fourth-order valence-electron chi connectivity index (χ4n) is 1.60. The van der Waals surface area contributed by atoms with E-state index in [2.05, 4.69) is 10.5 Å². The maximum absolute atomic E-state index is 11.8. The topological polar surface area (TPSA) is 41.5 Å². The number of carbonyl (C=O) groups is 1. The second-order valence-corrected chi connectivity index (χ2v) is 5.22. The van der Waals surface area contributed by atoms with Gasteiger partial charge in [0.15, 0.2) is 0 Å². The molecule has 1 amide bonds.